The van der Waals surface area contributed by atoms with E-state index in [1.807, 2.05) is 0 Å². The Morgan fingerprint density at radius 3 is 2.73 bits per heavy atom. The van der Waals surface area contributed by atoms with Crippen LogP contribution in [-0.2, 0) is 4.74 Å². The zero-order valence-corrected chi connectivity index (χ0v) is 7.76. The minimum Gasteiger partial charge on any atom is -0.378 e. The average molecular weight is 157 g/mol. The molecule has 0 bridgehead atoms. The van der Waals surface area contributed by atoms with Crippen molar-refractivity contribution in [3.8, 4) is 0 Å². The first-order valence-electron chi connectivity index (χ1n) is 4.55. The first-order valence-corrected chi connectivity index (χ1v) is 4.55. The standard InChI is InChI=1S/C9H19NO/c1-7(2)10-6-9-4-5-11-8(9)3/h7-10H,4-6H2,1-3H3. The van der Waals surface area contributed by atoms with Crippen molar-refractivity contribution in [2.45, 2.75) is 39.3 Å². The molecule has 0 aromatic carbocycles. The molecule has 0 aromatic rings. The van der Waals surface area contributed by atoms with Gasteiger partial charge in [-0.1, -0.05) is 13.8 Å². The molecule has 0 aliphatic carbocycles. The summed E-state index contributed by atoms with van der Waals surface area (Å²) in [6.45, 7) is 8.59. The van der Waals surface area contributed by atoms with E-state index in [9.17, 15) is 0 Å². The van der Waals surface area contributed by atoms with Crippen LogP contribution in [0.2, 0.25) is 0 Å². The van der Waals surface area contributed by atoms with Crippen LogP contribution in [-0.4, -0.2) is 25.3 Å². The van der Waals surface area contributed by atoms with Crippen LogP contribution >= 0.6 is 0 Å². The number of hydrogen-bond acceptors (Lipinski definition) is 2. The van der Waals surface area contributed by atoms with Crippen LogP contribution in [0, 0.1) is 5.92 Å². The Morgan fingerprint density at radius 1 is 1.55 bits per heavy atom. The van der Waals surface area contributed by atoms with E-state index in [1.54, 1.807) is 0 Å². The molecule has 0 aromatic heterocycles. The van der Waals surface area contributed by atoms with Gasteiger partial charge in [-0.3, -0.25) is 0 Å². The summed E-state index contributed by atoms with van der Waals surface area (Å²) in [5.74, 6) is 0.734. The van der Waals surface area contributed by atoms with Gasteiger partial charge in [0.05, 0.1) is 6.10 Å². The summed E-state index contributed by atoms with van der Waals surface area (Å²) < 4.78 is 5.46. The topological polar surface area (TPSA) is 21.3 Å². The molecular formula is C9H19NO. The normalized spacial score (nSPS) is 31.6. The zero-order chi connectivity index (χ0) is 8.27. The van der Waals surface area contributed by atoms with Crippen LogP contribution in [0.4, 0.5) is 0 Å². The van der Waals surface area contributed by atoms with E-state index >= 15 is 0 Å². The highest BCUT2D eigenvalue weighted by Gasteiger charge is 2.23. The van der Waals surface area contributed by atoms with E-state index in [0.29, 0.717) is 12.1 Å². The molecule has 1 heterocycles. The molecular weight excluding hydrogens is 138 g/mol. The van der Waals surface area contributed by atoms with Gasteiger partial charge >= 0.3 is 0 Å². The summed E-state index contributed by atoms with van der Waals surface area (Å²) in [5.41, 5.74) is 0. The van der Waals surface area contributed by atoms with E-state index in [2.05, 4.69) is 26.1 Å². The van der Waals surface area contributed by atoms with Crippen LogP contribution in [0.25, 0.3) is 0 Å². The van der Waals surface area contributed by atoms with E-state index in [-0.39, 0.29) is 0 Å². The molecule has 2 unspecified atom stereocenters. The molecule has 0 spiro atoms. The fourth-order valence-corrected chi connectivity index (χ4v) is 1.43. The van der Waals surface area contributed by atoms with Crippen LogP contribution in [0.3, 0.4) is 0 Å². The lowest BCUT2D eigenvalue weighted by Crippen LogP contribution is -2.31. The first-order chi connectivity index (χ1) is 5.20. The van der Waals surface area contributed by atoms with Gasteiger partial charge < -0.3 is 10.1 Å². The number of ether oxygens (including phenoxy) is 1. The van der Waals surface area contributed by atoms with Gasteiger partial charge in [-0.2, -0.15) is 0 Å². The zero-order valence-electron chi connectivity index (χ0n) is 7.76. The summed E-state index contributed by atoms with van der Waals surface area (Å²) >= 11 is 0. The largest absolute Gasteiger partial charge is 0.378 e. The molecule has 1 aliphatic rings. The first kappa shape index (κ1) is 9.01. The summed E-state index contributed by atoms with van der Waals surface area (Å²) in [5, 5.41) is 3.44. The lowest BCUT2D eigenvalue weighted by atomic mass is 10.0. The predicted octanol–water partition coefficient (Wildman–Crippen LogP) is 1.41. The maximum atomic E-state index is 5.46. The molecule has 1 aliphatic heterocycles. The highest BCUT2D eigenvalue weighted by Crippen LogP contribution is 2.19. The Balaban J connectivity index is 2.15. The third kappa shape index (κ3) is 2.80. The number of rotatable bonds is 3. The monoisotopic (exact) mass is 157 g/mol. The Labute approximate surface area is 69.3 Å². The molecule has 66 valence electrons. The van der Waals surface area contributed by atoms with Crippen molar-refractivity contribution in [2.24, 2.45) is 5.92 Å². The fraction of sp³-hybridized carbons (Fsp3) is 1.00. The third-order valence-corrected chi connectivity index (χ3v) is 2.32. The molecule has 2 heteroatoms. The smallest absolute Gasteiger partial charge is 0.0588 e. The SMILES string of the molecule is CC(C)NCC1CCOC1C. The fourth-order valence-electron chi connectivity index (χ4n) is 1.43. The van der Waals surface area contributed by atoms with Crippen molar-refractivity contribution in [1.82, 2.24) is 5.32 Å². The van der Waals surface area contributed by atoms with Gasteiger partial charge in [0.2, 0.25) is 0 Å². The second kappa shape index (κ2) is 4.07. The molecule has 0 saturated carbocycles. The molecule has 0 radical (unpaired) electrons. The van der Waals surface area contributed by atoms with Gasteiger partial charge in [-0.15, -0.1) is 0 Å². The van der Waals surface area contributed by atoms with Gasteiger partial charge in [0, 0.05) is 19.2 Å². The summed E-state index contributed by atoms with van der Waals surface area (Å²) in [4.78, 5) is 0. The summed E-state index contributed by atoms with van der Waals surface area (Å²) in [6, 6.07) is 0.600. The van der Waals surface area contributed by atoms with E-state index in [1.165, 1.54) is 6.42 Å². The van der Waals surface area contributed by atoms with Gasteiger partial charge in [0.25, 0.3) is 0 Å². The van der Waals surface area contributed by atoms with E-state index in [0.717, 1.165) is 19.1 Å². The Morgan fingerprint density at radius 2 is 2.27 bits per heavy atom. The van der Waals surface area contributed by atoms with Crippen LogP contribution in [0.15, 0.2) is 0 Å². The molecule has 1 rings (SSSR count). The molecule has 1 N–H and O–H groups in total. The Kier molecular flexibility index (Phi) is 3.34. The lowest BCUT2D eigenvalue weighted by molar-refractivity contribution is 0.105. The van der Waals surface area contributed by atoms with E-state index < -0.39 is 0 Å². The van der Waals surface area contributed by atoms with Crippen molar-refractivity contribution in [2.75, 3.05) is 13.2 Å². The highest BCUT2D eigenvalue weighted by molar-refractivity contribution is 4.74. The second-order valence-corrected chi connectivity index (χ2v) is 3.69. The predicted molar refractivity (Wildman–Crippen MR) is 46.7 cm³/mol. The van der Waals surface area contributed by atoms with Crippen molar-refractivity contribution < 1.29 is 4.74 Å². The number of hydrogen-bond donors (Lipinski definition) is 1. The molecule has 1 fully saturated rings. The highest BCUT2D eigenvalue weighted by atomic mass is 16.5. The van der Waals surface area contributed by atoms with Crippen molar-refractivity contribution in [3.63, 3.8) is 0 Å². The van der Waals surface area contributed by atoms with Gasteiger partial charge in [-0.05, 0) is 19.3 Å². The van der Waals surface area contributed by atoms with Crippen molar-refractivity contribution >= 4 is 0 Å². The third-order valence-electron chi connectivity index (χ3n) is 2.32. The van der Waals surface area contributed by atoms with Gasteiger partial charge in [0.1, 0.15) is 0 Å². The maximum Gasteiger partial charge on any atom is 0.0588 e. The molecule has 2 atom stereocenters. The molecule has 0 amide bonds. The molecule has 11 heavy (non-hydrogen) atoms. The van der Waals surface area contributed by atoms with Crippen LogP contribution in [0.1, 0.15) is 27.2 Å². The van der Waals surface area contributed by atoms with Crippen molar-refractivity contribution in [1.29, 1.82) is 0 Å². The lowest BCUT2D eigenvalue weighted by Gasteiger charge is -2.16. The van der Waals surface area contributed by atoms with E-state index in [4.69, 9.17) is 4.74 Å². The Bertz CT molecular complexity index is 114. The molecule has 1 saturated heterocycles. The Hall–Kier alpha value is -0.0800. The second-order valence-electron chi connectivity index (χ2n) is 3.69. The van der Waals surface area contributed by atoms with Gasteiger partial charge in [-0.25, -0.2) is 0 Å². The van der Waals surface area contributed by atoms with Crippen molar-refractivity contribution in [3.05, 3.63) is 0 Å². The number of nitrogens with one attached hydrogen (secondary N) is 1. The van der Waals surface area contributed by atoms with Crippen LogP contribution < -0.4 is 5.32 Å². The summed E-state index contributed by atoms with van der Waals surface area (Å²) in [7, 11) is 0. The van der Waals surface area contributed by atoms with Crippen LogP contribution in [0.5, 0.6) is 0 Å². The average Bonchev–Trinajstić information content (AvgIpc) is 2.31. The van der Waals surface area contributed by atoms with Gasteiger partial charge in [0.15, 0.2) is 0 Å². The maximum absolute atomic E-state index is 5.46. The summed E-state index contributed by atoms with van der Waals surface area (Å²) in [6.07, 6.45) is 1.68. The minimum absolute atomic E-state index is 0.459. The minimum atomic E-state index is 0.459. The quantitative estimate of drug-likeness (QED) is 0.669. The molecule has 2 nitrogen and oxygen atoms in total.